The molecule has 8 heteroatoms. The fourth-order valence-corrected chi connectivity index (χ4v) is 1.69. The van der Waals surface area contributed by atoms with Crippen molar-refractivity contribution in [1.82, 2.24) is 10.6 Å². The van der Waals surface area contributed by atoms with Crippen molar-refractivity contribution in [3.05, 3.63) is 29.6 Å². The number of hydrogen-bond donors (Lipinski definition) is 3. The summed E-state index contributed by atoms with van der Waals surface area (Å²) in [6, 6.07) is 1.70. The number of anilines is 1. The summed E-state index contributed by atoms with van der Waals surface area (Å²) in [6.07, 6.45) is 1.97. The summed E-state index contributed by atoms with van der Waals surface area (Å²) in [6.45, 7) is 4.99. The second-order valence-corrected chi connectivity index (χ2v) is 4.75. The number of rotatable bonds is 7. The minimum Gasteiger partial charge on any atom is -0.357 e. The quantitative estimate of drug-likeness (QED) is 0.311. The summed E-state index contributed by atoms with van der Waals surface area (Å²) < 4.78 is 39.4. The average Bonchev–Trinajstić information content (AvgIpc) is 2.53. The van der Waals surface area contributed by atoms with E-state index in [1.54, 1.807) is 0 Å². The minimum atomic E-state index is -1.62. The zero-order chi connectivity index (χ0) is 17.2. The molecule has 0 aliphatic heterocycles. The van der Waals surface area contributed by atoms with E-state index >= 15 is 0 Å². The number of halogens is 3. The Balaban J connectivity index is 2.63. The third kappa shape index (κ3) is 6.17. The summed E-state index contributed by atoms with van der Waals surface area (Å²) in [7, 11) is 0. The van der Waals surface area contributed by atoms with Gasteiger partial charge in [0.05, 0.1) is 5.69 Å². The minimum absolute atomic E-state index is 0.278. The smallest absolute Gasteiger partial charge is 0.246 e. The molecule has 0 atom stereocenters. The lowest BCUT2D eigenvalue weighted by molar-refractivity contribution is -0.114. The van der Waals surface area contributed by atoms with Gasteiger partial charge in [0.25, 0.3) is 0 Å². The molecular formula is C15H21F3N4O. The Labute approximate surface area is 133 Å². The zero-order valence-electron chi connectivity index (χ0n) is 13.2. The number of guanidine groups is 1. The number of nitrogens with zero attached hydrogens (tertiary/aromatic N) is 1. The molecule has 0 fully saturated rings. The number of carbonyl (C=O) groups excluding carboxylic acids is 1. The molecular weight excluding hydrogens is 309 g/mol. The SMILES string of the molecule is CCCCNC(=NCC(=O)Nc1ccc(F)c(F)c1F)NCC. The van der Waals surface area contributed by atoms with Crippen LogP contribution >= 0.6 is 0 Å². The molecule has 1 aromatic carbocycles. The maximum atomic E-state index is 13.5. The van der Waals surface area contributed by atoms with Crippen molar-refractivity contribution in [2.45, 2.75) is 26.7 Å². The van der Waals surface area contributed by atoms with Crippen molar-refractivity contribution in [2.24, 2.45) is 4.99 Å². The third-order valence-electron chi connectivity index (χ3n) is 2.86. The number of aliphatic imine (C=N–C) groups is 1. The fraction of sp³-hybridized carbons (Fsp3) is 0.467. The highest BCUT2D eigenvalue weighted by Gasteiger charge is 2.15. The van der Waals surface area contributed by atoms with Gasteiger partial charge in [-0.25, -0.2) is 18.2 Å². The highest BCUT2D eigenvalue weighted by atomic mass is 19.2. The second kappa shape index (κ2) is 9.70. The van der Waals surface area contributed by atoms with E-state index < -0.39 is 29.0 Å². The number of nitrogens with one attached hydrogen (secondary N) is 3. The highest BCUT2D eigenvalue weighted by molar-refractivity contribution is 5.94. The Hall–Kier alpha value is -2.25. The van der Waals surface area contributed by atoms with Crippen molar-refractivity contribution in [2.75, 3.05) is 25.0 Å². The summed E-state index contributed by atoms with van der Waals surface area (Å²) in [5.74, 6) is -4.55. The molecule has 5 nitrogen and oxygen atoms in total. The lowest BCUT2D eigenvalue weighted by atomic mass is 10.3. The van der Waals surface area contributed by atoms with Gasteiger partial charge in [-0.05, 0) is 25.5 Å². The van der Waals surface area contributed by atoms with Crippen LogP contribution in [0.25, 0.3) is 0 Å². The molecule has 0 saturated carbocycles. The van der Waals surface area contributed by atoms with Crippen LogP contribution in [-0.4, -0.2) is 31.5 Å². The van der Waals surface area contributed by atoms with E-state index in [2.05, 4.69) is 27.9 Å². The molecule has 0 heterocycles. The van der Waals surface area contributed by atoms with Crippen LogP contribution in [0.2, 0.25) is 0 Å². The Morgan fingerprint density at radius 1 is 1.13 bits per heavy atom. The van der Waals surface area contributed by atoms with Gasteiger partial charge in [-0.3, -0.25) is 4.79 Å². The van der Waals surface area contributed by atoms with Gasteiger partial charge in [0.15, 0.2) is 23.4 Å². The van der Waals surface area contributed by atoms with Gasteiger partial charge >= 0.3 is 0 Å². The lowest BCUT2D eigenvalue weighted by Gasteiger charge is -2.11. The Morgan fingerprint density at radius 2 is 1.87 bits per heavy atom. The molecule has 0 bridgehead atoms. The molecule has 0 aliphatic rings. The number of benzene rings is 1. The van der Waals surface area contributed by atoms with Crippen LogP contribution in [-0.2, 0) is 4.79 Å². The van der Waals surface area contributed by atoms with Crippen molar-refractivity contribution < 1.29 is 18.0 Å². The van der Waals surface area contributed by atoms with Crippen LogP contribution in [0.5, 0.6) is 0 Å². The van der Waals surface area contributed by atoms with Gasteiger partial charge in [-0.1, -0.05) is 13.3 Å². The molecule has 1 rings (SSSR count). The maximum absolute atomic E-state index is 13.5. The van der Waals surface area contributed by atoms with Gasteiger partial charge in [-0.15, -0.1) is 0 Å². The number of amides is 1. The van der Waals surface area contributed by atoms with Gasteiger partial charge < -0.3 is 16.0 Å². The Bertz CT molecular complexity index is 564. The number of hydrogen-bond acceptors (Lipinski definition) is 2. The molecule has 0 aromatic heterocycles. The van der Waals surface area contributed by atoms with E-state index in [-0.39, 0.29) is 6.54 Å². The highest BCUT2D eigenvalue weighted by Crippen LogP contribution is 2.19. The molecule has 3 N–H and O–H groups in total. The van der Waals surface area contributed by atoms with Crippen molar-refractivity contribution in [1.29, 1.82) is 0 Å². The van der Waals surface area contributed by atoms with Gasteiger partial charge in [0.1, 0.15) is 6.54 Å². The average molecular weight is 330 g/mol. The molecule has 23 heavy (non-hydrogen) atoms. The molecule has 0 spiro atoms. The van der Waals surface area contributed by atoms with Gasteiger partial charge in [0, 0.05) is 13.1 Å². The van der Waals surface area contributed by atoms with Crippen LogP contribution in [0.1, 0.15) is 26.7 Å². The Kier molecular flexibility index (Phi) is 7.93. The first kappa shape index (κ1) is 18.8. The van der Waals surface area contributed by atoms with E-state index in [0.717, 1.165) is 25.0 Å². The normalized spacial score (nSPS) is 11.3. The second-order valence-electron chi connectivity index (χ2n) is 4.75. The van der Waals surface area contributed by atoms with Gasteiger partial charge in [-0.2, -0.15) is 0 Å². The molecule has 0 radical (unpaired) electrons. The number of carbonyl (C=O) groups is 1. The topological polar surface area (TPSA) is 65.5 Å². The predicted molar refractivity (Wildman–Crippen MR) is 83.8 cm³/mol. The van der Waals surface area contributed by atoms with E-state index in [4.69, 9.17) is 0 Å². The van der Waals surface area contributed by atoms with Crippen LogP contribution in [0.15, 0.2) is 17.1 Å². The Morgan fingerprint density at radius 3 is 2.52 bits per heavy atom. The van der Waals surface area contributed by atoms with Crippen LogP contribution < -0.4 is 16.0 Å². The zero-order valence-corrected chi connectivity index (χ0v) is 13.2. The first-order valence-electron chi connectivity index (χ1n) is 7.45. The standard InChI is InChI=1S/C15H21F3N4O/c1-3-5-8-20-15(19-4-2)21-9-12(23)22-11-7-6-10(16)13(17)14(11)18/h6-7H,3-5,8-9H2,1-2H3,(H,22,23)(H2,19,20,21). The van der Waals surface area contributed by atoms with Crippen LogP contribution in [0.3, 0.4) is 0 Å². The largest absolute Gasteiger partial charge is 0.357 e. The first-order valence-corrected chi connectivity index (χ1v) is 7.45. The van der Waals surface area contributed by atoms with E-state index in [0.29, 0.717) is 19.0 Å². The van der Waals surface area contributed by atoms with E-state index in [1.807, 2.05) is 6.92 Å². The molecule has 0 aliphatic carbocycles. The van der Waals surface area contributed by atoms with Crippen molar-refractivity contribution in [3.63, 3.8) is 0 Å². The van der Waals surface area contributed by atoms with Crippen molar-refractivity contribution >= 4 is 17.6 Å². The summed E-state index contributed by atoms with van der Waals surface area (Å²) in [5, 5.41) is 8.17. The van der Waals surface area contributed by atoms with E-state index in [1.165, 1.54) is 0 Å². The molecule has 1 aromatic rings. The first-order chi connectivity index (χ1) is 11.0. The monoisotopic (exact) mass is 330 g/mol. The molecule has 128 valence electrons. The fourth-order valence-electron chi connectivity index (χ4n) is 1.69. The summed E-state index contributed by atoms with van der Waals surface area (Å²) in [4.78, 5) is 15.8. The predicted octanol–water partition coefficient (Wildman–Crippen LogP) is 2.40. The molecule has 0 unspecified atom stereocenters. The maximum Gasteiger partial charge on any atom is 0.246 e. The van der Waals surface area contributed by atoms with E-state index in [9.17, 15) is 18.0 Å². The van der Waals surface area contributed by atoms with Crippen molar-refractivity contribution in [3.8, 4) is 0 Å². The van der Waals surface area contributed by atoms with Crippen LogP contribution in [0.4, 0.5) is 18.9 Å². The summed E-state index contributed by atoms with van der Waals surface area (Å²) in [5.41, 5.74) is -0.423. The third-order valence-corrected chi connectivity index (χ3v) is 2.86. The lowest BCUT2D eigenvalue weighted by Crippen LogP contribution is -2.38. The molecule has 1 amide bonds. The summed E-state index contributed by atoms with van der Waals surface area (Å²) >= 11 is 0. The molecule has 0 saturated heterocycles. The van der Waals surface area contributed by atoms with Gasteiger partial charge in [0.2, 0.25) is 5.91 Å². The number of unbranched alkanes of at least 4 members (excludes halogenated alkanes) is 1. The van der Waals surface area contributed by atoms with Crippen LogP contribution in [0, 0.1) is 17.5 Å².